The van der Waals surface area contributed by atoms with Gasteiger partial charge in [0.25, 0.3) is 0 Å². The molecule has 2 heterocycles. The van der Waals surface area contributed by atoms with Crippen LogP contribution in [0.3, 0.4) is 0 Å². The van der Waals surface area contributed by atoms with Gasteiger partial charge in [0.15, 0.2) is 5.78 Å². The van der Waals surface area contributed by atoms with E-state index < -0.39 is 0 Å². The Morgan fingerprint density at radius 3 is 3.10 bits per heavy atom. The second-order valence-electron chi connectivity index (χ2n) is 5.00. The third kappa shape index (κ3) is 2.77. The summed E-state index contributed by atoms with van der Waals surface area (Å²) in [5, 5.41) is 0. The van der Waals surface area contributed by atoms with Gasteiger partial charge in [-0.05, 0) is 12.1 Å². The summed E-state index contributed by atoms with van der Waals surface area (Å²) in [6, 6.07) is 5.88. The van der Waals surface area contributed by atoms with Crippen molar-refractivity contribution in [2.45, 2.75) is 19.5 Å². The Kier molecular flexibility index (Phi) is 3.60. The maximum atomic E-state index is 13.1. The van der Waals surface area contributed by atoms with Gasteiger partial charge < -0.3 is 4.57 Å². The minimum absolute atomic E-state index is 0.0154. The van der Waals surface area contributed by atoms with Crippen LogP contribution in [0.4, 0.5) is 4.39 Å². The SMILES string of the molecule is O=C(CCN1CCn2ccnc2C1)c1cccc(F)c1. The molecular formula is C15H16FN3O. The lowest BCUT2D eigenvalue weighted by molar-refractivity contribution is 0.0955. The van der Waals surface area contributed by atoms with Crippen LogP contribution in [0.25, 0.3) is 0 Å². The molecule has 104 valence electrons. The number of hydrogen-bond acceptors (Lipinski definition) is 3. The Labute approximate surface area is 116 Å². The van der Waals surface area contributed by atoms with Crippen LogP contribution in [0, 0.1) is 5.82 Å². The van der Waals surface area contributed by atoms with E-state index in [1.807, 2.05) is 6.20 Å². The molecule has 0 atom stereocenters. The molecule has 1 aliphatic heterocycles. The van der Waals surface area contributed by atoms with Crippen molar-refractivity contribution in [3.63, 3.8) is 0 Å². The summed E-state index contributed by atoms with van der Waals surface area (Å²) in [6.45, 7) is 3.27. The van der Waals surface area contributed by atoms with Gasteiger partial charge in [0.05, 0.1) is 6.54 Å². The zero-order chi connectivity index (χ0) is 13.9. The number of benzene rings is 1. The normalized spacial score (nSPS) is 15.1. The van der Waals surface area contributed by atoms with Gasteiger partial charge in [-0.3, -0.25) is 9.69 Å². The summed E-state index contributed by atoms with van der Waals surface area (Å²) in [5.74, 6) is 0.656. The summed E-state index contributed by atoms with van der Waals surface area (Å²) >= 11 is 0. The molecule has 20 heavy (non-hydrogen) atoms. The van der Waals surface area contributed by atoms with Gasteiger partial charge in [-0.15, -0.1) is 0 Å². The van der Waals surface area contributed by atoms with Gasteiger partial charge in [-0.25, -0.2) is 9.37 Å². The molecular weight excluding hydrogens is 257 g/mol. The number of fused-ring (bicyclic) bond motifs is 1. The topological polar surface area (TPSA) is 38.1 Å². The number of carbonyl (C=O) groups is 1. The fourth-order valence-corrected chi connectivity index (χ4v) is 2.48. The van der Waals surface area contributed by atoms with Crippen molar-refractivity contribution in [3.05, 3.63) is 53.9 Å². The fraction of sp³-hybridized carbons (Fsp3) is 0.333. The number of aromatic nitrogens is 2. The number of rotatable bonds is 4. The molecule has 0 saturated carbocycles. The zero-order valence-corrected chi connectivity index (χ0v) is 11.1. The average Bonchev–Trinajstić information content (AvgIpc) is 2.92. The van der Waals surface area contributed by atoms with E-state index in [1.54, 1.807) is 18.3 Å². The van der Waals surface area contributed by atoms with Crippen molar-refractivity contribution in [1.82, 2.24) is 14.5 Å². The molecule has 1 aromatic heterocycles. The largest absolute Gasteiger partial charge is 0.333 e. The molecule has 2 aromatic rings. The predicted octanol–water partition coefficient (Wildman–Crippen LogP) is 2.11. The third-order valence-corrected chi connectivity index (χ3v) is 3.63. The van der Waals surface area contributed by atoms with E-state index in [1.165, 1.54) is 12.1 Å². The molecule has 0 N–H and O–H groups in total. The number of imidazole rings is 1. The van der Waals surface area contributed by atoms with Crippen LogP contribution in [-0.4, -0.2) is 33.3 Å². The first kappa shape index (κ1) is 13.0. The summed E-state index contributed by atoms with van der Waals surface area (Å²) in [4.78, 5) is 18.5. The highest BCUT2D eigenvalue weighted by molar-refractivity contribution is 5.96. The molecule has 0 radical (unpaired) electrons. The maximum absolute atomic E-state index is 13.1. The lowest BCUT2D eigenvalue weighted by atomic mass is 10.1. The molecule has 1 aromatic carbocycles. The molecule has 0 bridgehead atoms. The van der Waals surface area contributed by atoms with Crippen molar-refractivity contribution in [2.24, 2.45) is 0 Å². The maximum Gasteiger partial charge on any atom is 0.164 e. The lowest BCUT2D eigenvalue weighted by Crippen LogP contribution is -2.35. The second kappa shape index (κ2) is 5.54. The van der Waals surface area contributed by atoms with E-state index in [2.05, 4.69) is 14.5 Å². The van der Waals surface area contributed by atoms with E-state index in [0.29, 0.717) is 18.5 Å². The van der Waals surface area contributed by atoms with E-state index in [9.17, 15) is 9.18 Å². The second-order valence-corrected chi connectivity index (χ2v) is 5.00. The first-order valence-corrected chi connectivity index (χ1v) is 6.73. The molecule has 0 spiro atoms. The fourth-order valence-electron chi connectivity index (χ4n) is 2.48. The Morgan fingerprint density at radius 1 is 1.35 bits per heavy atom. The molecule has 0 unspecified atom stereocenters. The Balaban J connectivity index is 1.57. The molecule has 0 fully saturated rings. The van der Waals surface area contributed by atoms with Crippen LogP contribution in [0.2, 0.25) is 0 Å². The zero-order valence-electron chi connectivity index (χ0n) is 11.1. The van der Waals surface area contributed by atoms with Crippen LogP contribution >= 0.6 is 0 Å². The summed E-state index contributed by atoms with van der Waals surface area (Å²) in [5.41, 5.74) is 0.448. The summed E-state index contributed by atoms with van der Waals surface area (Å²) < 4.78 is 15.2. The average molecular weight is 273 g/mol. The highest BCUT2D eigenvalue weighted by Crippen LogP contribution is 2.12. The third-order valence-electron chi connectivity index (χ3n) is 3.63. The van der Waals surface area contributed by atoms with Crippen LogP contribution in [0.5, 0.6) is 0 Å². The number of nitrogens with zero attached hydrogens (tertiary/aromatic N) is 3. The van der Waals surface area contributed by atoms with Crippen LogP contribution < -0.4 is 0 Å². The van der Waals surface area contributed by atoms with Gasteiger partial charge >= 0.3 is 0 Å². The van der Waals surface area contributed by atoms with Crippen LogP contribution in [0.15, 0.2) is 36.7 Å². The van der Waals surface area contributed by atoms with E-state index in [0.717, 1.165) is 25.5 Å². The van der Waals surface area contributed by atoms with E-state index in [-0.39, 0.29) is 11.6 Å². The van der Waals surface area contributed by atoms with Gasteiger partial charge in [-0.2, -0.15) is 0 Å². The van der Waals surface area contributed by atoms with E-state index in [4.69, 9.17) is 0 Å². The standard InChI is InChI=1S/C15H16FN3O/c16-13-3-1-2-12(10-13)14(20)4-6-18-8-9-19-7-5-17-15(19)11-18/h1-3,5,7,10H,4,6,8-9,11H2. The van der Waals surface area contributed by atoms with Gasteiger partial charge in [0.1, 0.15) is 11.6 Å². The van der Waals surface area contributed by atoms with Crippen LogP contribution in [-0.2, 0) is 13.1 Å². The van der Waals surface area contributed by atoms with Gasteiger partial charge in [0.2, 0.25) is 0 Å². The number of halogens is 1. The molecule has 0 amide bonds. The number of Topliss-reactive ketones (excluding diaryl/α,β-unsaturated/α-hetero) is 1. The quantitative estimate of drug-likeness (QED) is 0.801. The molecule has 0 aliphatic carbocycles. The Bertz CT molecular complexity index is 623. The number of carbonyl (C=O) groups excluding carboxylic acids is 1. The first-order chi connectivity index (χ1) is 9.72. The van der Waals surface area contributed by atoms with Gasteiger partial charge in [0, 0.05) is 44.0 Å². The van der Waals surface area contributed by atoms with Crippen molar-refractivity contribution in [3.8, 4) is 0 Å². The minimum Gasteiger partial charge on any atom is -0.333 e. The highest BCUT2D eigenvalue weighted by atomic mass is 19.1. The van der Waals surface area contributed by atoms with Crippen molar-refractivity contribution in [1.29, 1.82) is 0 Å². The van der Waals surface area contributed by atoms with Crippen molar-refractivity contribution < 1.29 is 9.18 Å². The lowest BCUT2D eigenvalue weighted by Gasteiger charge is -2.27. The molecule has 1 aliphatic rings. The van der Waals surface area contributed by atoms with Gasteiger partial charge in [-0.1, -0.05) is 12.1 Å². The monoisotopic (exact) mass is 273 g/mol. The highest BCUT2D eigenvalue weighted by Gasteiger charge is 2.17. The molecule has 0 saturated heterocycles. The summed E-state index contributed by atoms with van der Waals surface area (Å²) in [7, 11) is 0. The Hall–Kier alpha value is -2.01. The van der Waals surface area contributed by atoms with Crippen molar-refractivity contribution in [2.75, 3.05) is 13.1 Å². The first-order valence-electron chi connectivity index (χ1n) is 6.73. The number of hydrogen-bond donors (Lipinski definition) is 0. The molecule has 3 rings (SSSR count). The van der Waals surface area contributed by atoms with E-state index >= 15 is 0 Å². The molecule has 4 nitrogen and oxygen atoms in total. The molecule has 5 heteroatoms. The summed E-state index contributed by atoms with van der Waals surface area (Å²) in [6.07, 6.45) is 4.19. The van der Waals surface area contributed by atoms with Crippen LogP contribution in [0.1, 0.15) is 22.6 Å². The number of ketones is 1. The predicted molar refractivity (Wildman–Crippen MR) is 72.9 cm³/mol. The smallest absolute Gasteiger partial charge is 0.164 e. The minimum atomic E-state index is -0.365. The Morgan fingerprint density at radius 2 is 2.25 bits per heavy atom. The van der Waals surface area contributed by atoms with Crippen molar-refractivity contribution >= 4 is 5.78 Å².